The van der Waals surface area contributed by atoms with Crippen molar-refractivity contribution in [2.24, 2.45) is 5.92 Å². The number of benzene rings is 1. The van der Waals surface area contributed by atoms with Crippen LogP contribution in [-0.4, -0.2) is 61.8 Å². The molecule has 0 aromatic heterocycles. The molecule has 0 spiro atoms. The van der Waals surface area contributed by atoms with Crippen LogP contribution in [0.1, 0.15) is 25.7 Å². The van der Waals surface area contributed by atoms with Gasteiger partial charge in [0, 0.05) is 38.3 Å². The van der Waals surface area contributed by atoms with E-state index in [1.54, 1.807) is 24.1 Å². The van der Waals surface area contributed by atoms with Gasteiger partial charge in [-0.25, -0.2) is 4.79 Å². The molecule has 8 nitrogen and oxygen atoms in total. The maximum absolute atomic E-state index is 12.8. The molecule has 146 valence electrons. The number of piperidine rings is 1. The van der Waals surface area contributed by atoms with Gasteiger partial charge in [-0.05, 0) is 25.7 Å². The number of urea groups is 1. The summed E-state index contributed by atoms with van der Waals surface area (Å²) in [6, 6.07) is 3.18. The first-order chi connectivity index (χ1) is 13.2. The molecule has 0 aliphatic carbocycles. The van der Waals surface area contributed by atoms with Gasteiger partial charge in [-0.2, -0.15) is 0 Å². The Morgan fingerprint density at radius 1 is 1.07 bits per heavy atom. The number of fused-ring (bicyclic) bond motifs is 1. The number of rotatable bonds is 3. The minimum atomic E-state index is -0.230. The van der Waals surface area contributed by atoms with Crippen molar-refractivity contribution in [1.29, 1.82) is 0 Å². The summed E-state index contributed by atoms with van der Waals surface area (Å²) in [6.45, 7) is 2.94. The Labute approximate surface area is 158 Å². The van der Waals surface area contributed by atoms with Crippen molar-refractivity contribution in [2.75, 3.05) is 45.4 Å². The lowest BCUT2D eigenvalue weighted by Gasteiger charge is -2.34. The molecule has 27 heavy (non-hydrogen) atoms. The van der Waals surface area contributed by atoms with E-state index in [1.165, 1.54) is 0 Å². The van der Waals surface area contributed by atoms with Crippen molar-refractivity contribution < 1.29 is 23.8 Å². The van der Waals surface area contributed by atoms with Crippen LogP contribution in [0.4, 0.5) is 10.5 Å². The lowest BCUT2D eigenvalue weighted by atomic mass is 9.97. The molecule has 3 amide bonds. The summed E-state index contributed by atoms with van der Waals surface area (Å²) in [5.74, 6) is 1.76. The van der Waals surface area contributed by atoms with Crippen molar-refractivity contribution in [3.63, 3.8) is 0 Å². The van der Waals surface area contributed by atoms with E-state index in [-0.39, 0.29) is 24.6 Å². The monoisotopic (exact) mass is 375 g/mol. The van der Waals surface area contributed by atoms with Crippen LogP contribution >= 0.6 is 0 Å². The van der Waals surface area contributed by atoms with Gasteiger partial charge < -0.3 is 29.3 Å². The van der Waals surface area contributed by atoms with E-state index in [9.17, 15) is 9.59 Å². The second kappa shape index (κ2) is 7.54. The van der Waals surface area contributed by atoms with Gasteiger partial charge >= 0.3 is 6.03 Å². The Morgan fingerprint density at radius 3 is 2.52 bits per heavy atom. The van der Waals surface area contributed by atoms with Crippen LogP contribution < -0.4 is 19.5 Å². The van der Waals surface area contributed by atoms with Crippen LogP contribution in [0.25, 0.3) is 0 Å². The normalized spacial score (nSPS) is 21.3. The SMILES string of the molecule is COc1cc2c(cc1NC(=O)N1CCCC(C(=O)N3CCCC3)C1)OCO2. The molecule has 0 saturated carbocycles. The van der Waals surface area contributed by atoms with Crippen LogP contribution in [0.15, 0.2) is 12.1 Å². The first-order valence-electron chi connectivity index (χ1n) is 9.48. The van der Waals surface area contributed by atoms with E-state index in [0.29, 0.717) is 36.0 Å². The van der Waals surface area contributed by atoms with Gasteiger partial charge in [0.15, 0.2) is 11.5 Å². The van der Waals surface area contributed by atoms with Crippen molar-refractivity contribution in [3.05, 3.63) is 12.1 Å². The molecular formula is C19H25N3O5. The highest BCUT2D eigenvalue weighted by molar-refractivity contribution is 5.92. The third-order valence-corrected chi connectivity index (χ3v) is 5.41. The Morgan fingerprint density at radius 2 is 1.78 bits per heavy atom. The quantitative estimate of drug-likeness (QED) is 0.877. The molecule has 3 heterocycles. The summed E-state index contributed by atoms with van der Waals surface area (Å²) in [5.41, 5.74) is 0.528. The number of hydrogen-bond donors (Lipinski definition) is 1. The Kier molecular flexibility index (Phi) is 4.96. The number of ether oxygens (including phenoxy) is 3. The molecule has 1 N–H and O–H groups in total. The zero-order valence-corrected chi connectivity index (χ0v) is 15.5. The van der Waals surface area contributed by atoms with Crippen LogP contribution in [0.5, 0.6) is 17.2 Å². The average Bonchev–Trinajstić information content (AvgIpc) is 3.38. The summed E-state index contributed by atoms with van der Waals surface area (Å²) in [6.07, 6.45) is 3.82. The third kappa shape index (κ3) is 3.61. The molecule has 2 fully saturated rings. The van der Waals surface area contributed by atoms with Gasteiger partial charge in [-0.15, -0.1) is 0 Å². The van der Waals surface area contributed by atoms with E-state index >= 15 is 0 Å². The fourth-order valence-corrected chi connectivity index (χ4v) is 3.94. The highest BCUT2D eigenvalue weighted by Gasteiger charge is 2.32. The number of nitrogens with zero attached hydrogens (tertiary/aromatic N) is 2. The summed E-state index contributed by atoms with van der Waals surface area (Å²) < 4.78 is 16.1. The molecule has 3 aliphatic rings. The summed E-state index contributed by atoms with van der Waals surface area (Å²) >= 11 is 0. The number of methoxy groups -OCH3 is 1. The van der Waals surface area contributed by atoms with Crippen LogP contribution in [-0.2, 0) is 4.79 Å². The van der Waals surface area contributed by atoms with Crippen LogP contribution in [0.3, 0.4) is 0 Å². The number of nitrogens with one attached hydrogen (secondary N) is 1. The van der Waals surface area contributed by atoms with Crippen molar-refractivity contribution in [3.8, 4) is 17.2 Å². The van der Waals surface area contributed by atoms with Gasteiger partial charge in [-0.1, -0.05) is 0 Å². The van der Waals surface area contributed by atoms with Gasteiger partial charge in [-0.3, -0.25) is 4.79 Å². The minimum Gasteiger partial charge on any atom is -0.494 e. The summed E-state index contributed by atoms with van der Waals surface area (Å²) in [7, 11) is 1.54. The predicted octanol–water partition coefficient (Wildman–Crippen LogP) is 2.29. The standard InChI is InChI=1S/C19H25N3O5/c1-25-15-10-17-16(26-12-27-17)9-14(15)20-19(24)22-8-4-5-13(11-22)18(23)21-6-2-3-7-21/h9-10,13H,2-8,11-12H2,1H3,(H,20,24). The second-order valence-electron chi connectivity index (χ2n) is 7.15. The molecule has 1 atom stereocenters. The number of anilines is 1. The molecule has 0 radical (unpaired) electrons. The number of amides is 3. The number of carbonyl (C=O) groups is 2. The van der Waals surface area contributed by atoms with Gasteiger partial charge in [0.2, 0.25) is 12.7 Å². The van der Waals surface area contributed by atoms with Crippen molar-refractivity contribution in [1.82, 2.24) is 9.80 Å². The van der Waals surface area contributed by atoms with E-state index in [1.807, 2.05) is 4.90 Å². The first-order valence-corrected chi connectivity index (χ1v) is 9.48. The lowest BCUT2D eigenvalue weighted by molar-refractivity contribution is -0.135. The van der Waals surface area contributed by atoms with E-state index in [2.05, 4.69) is 5.32 Å². The third-order valence-electron chi connectivity index (χ3n) is 5.41. The number of likely N-dealkylation sites (tertiary alicyclic amines) is 2. The van der Waals surface area contributed by atoms with Gasteiger partial charge in [0.05, 0.1) is 18.7 Å². The molecule has 0 bridgehead atoms. The largest absolute Gasteiger partial charge is 0.494 e. The molecule has 2 saturated heterocycles. The molecule has 1 unspecified atom stereocenters. The zero-order chi connectivity index (χ0) is 18.8. The maximum Gasteiger partial charge on any atom is 0.321 e. The highest BCUT2D eigenvalue weighted by atomic mass is 16.7. The molecular weight excluding hydrogens is 350 g/mol. The van der Waals surface area contributed by atoms with E-state index < -0.39 is 0 Å². The zero-order valence-electron chi connectivity index (χ0n) is 15.5. The Balaban J connectivity index is 1.43. The maximum atomic E-state index is 12.8. The smallest absolute Gasteiger partial charge is 0.321 e. The van der Waals surface area contributed by atoms with Crippen molar-refractivity contribution in [2.45, 2.75) is 25.7 Å². The molecule has 3 aliphatic heterocycles. The molecule has 4 rings (SSSR count). The predicted molar refractivity (Wildman–Crippen MR) is 98.2 cm³/mol. The van der Waals surface area contributed by atoms with Gasteiger partial charge in [0.25, 0.3) is 0 Å². The second-order valence-corrected chi connectivity index (χ2v) is 7.15. The van der Waals surface area contributed by atoms with Crippen molar-refractivity contribution >= 4 is 17.6 Å². The topological polar surface area (TPSA) is 80.3 Å². The minimum absolute atomic E-state index is 0.110. The Bertz CT molecular complexity index is 732. The van der Waals surface area contributed by atoms with Gasteiger partial charge in [0.1, 0.15) is 5.75 Å². The lowest BCUT2D eigenvalue weighted by Crippen LogP contribution is -2.47. The number of hydrogen-bond acceptors (Lipinski definition) is 5. The first kappa shape index (κ1) is 17.8. The summed E-state index contributed by atoms with van der Waals surface area (Å²) in [4.78, 5) is 29.1. The summed E-state index contributed by atoms with van der Waals surface area (Å²) in [5, 5.41) is 2.89. The fourth-order valence-electron chi connectivity index (χ4n) is 3.94. The molecule has 8 heteroatoms. The fraction of sp³-hybridized carbons (Fsp3) is 0.579. The van der Waals surface area contributed by atoms with Crippen LogP contribution in [0, 0.1) is 5.92 Å². The number of carbonyl (C=O) groups excluding carboxylic acids is 2. The molecule has 1 aromatic rings. The average molecular weight is 375 g/mol. The Hall–Kier alpha value is -2.64. The van der Waals surface area contributed by atoms with E-state index in [4.69, 9.17) is 14.2 Å². The highest BCUT2D eigenvalue weighted by Crippen LogP contribution is 2.40. The van der Waals surface area contributed by atoms with E-state index in [0.717, 1.165) is 38.8 Å². The van der Waals surface area contributed by atoms with Crippen LogP contribution in [0.2, 0.25) is 0 Å². The molecule has 1 aromatic carbocycles.